The fourth-order valence-electron chi connectivity index (χ4n) is 8.07. The van der Waals surface area contributed by atoms with Crippen molar-refractivity contribution in [3.8, 4) is 22.3 Å². The SMILES string of the molecule is OC1(c2ccccc2)c2ccc(C3OCCO3)cc2C(O)(c2ccccc2)c2c1c(-c1ccccc1)c1ccccc1c2-c1ccccc1. The Morgan fingerprint density at radius 3 is 1.33 bits per heavy atom. The summed E-state index contributed by atoms with van der Waals surface area (Å²) in [4.78, 5) is 0. The fraction of sp³-hybridized carbons (Fsp3) is 0.111. The minimum absolute atomic E-state index is 0.492. The lowest BCUT2D eigenvalue weighted by Gasteiger charge is -2.48. The van der Waals surface area contributed by atoms with Gasteiger partial charge in [-0.25, -0.2) is 0 Å². The lowest BCUT2D eigenvalue weighted by atomic mass is 9.59. The van der Waals surface area contributed by atoms with Gasteiger partial charge in [-0.3, -0.25) is 0 Å². The van der Waals surface area contributed by atoms with Crippen molar-refractivity contribution < 1.29 is 19.7 Å². The van der Waals surface area contributed by atoms with Gasteiger partial charge in [0, 0.05) is 16.7 Å². The Kier molecular flexibility index (Phi) is 7.08. The molecule has 1 saturated heterocycles. The third kappa shape index (κ3) is 4.46. The van der Waals surface area contributed by atoms with E-state index in [1.807, 2.05) is 127 Å². The highest BCUT2D eigenvalue weighted by Gasteiger charge is 2.54. The summed E-state index contributed by atoms with van der Waals surface area (Å²) in [5.41, 5.74) is 4.97. The van der Waals surface area contributed by atoms with Crippen LogP contribution >= 0.6 is 0 Å². The second-order valence-corrected chi connectivity index (χ2v) is 12.8. The molecule has 1 heterocycles. The maximum atomic E-state index is 14.0. The van der Waals surface area contributed by atoms with Crippen LogP contribution in [0.25, 0.3) is 33.0 Å². The fourth-order valence-corrected chi connectivity index (χ4v) is 8.07. The van der Waals surface area contributed by atoms with Gasteiger partial charge in [0.1, 0.15) is 11.2 Å². The van der Waals surface area contributed by atoms with Gasteiger partial charge in [-0.05, 0) is 61.3 Å². The average molecular weight is 639 g/mol. The van der Waals surface area contributed by atoms with Gasteiger partial charge < -0.3 is 19.7 Å². The molecule has 2 N–H and O–H groups in total. The summed E-state index contributed by atoms with van der Waals surface area (Å²) >= 11 is 0. The van der Waals surface area contributed by atoms with E-state index >= 15 is 0 Å². The third-order valence-electron chi connectivity index (χ3n) is 10.2. The van der Waals surface area contributed by atoms with Crippen molar-refractivity contribution >= 4 is 10.8 Å². The summed E-state index contributed by atoms with van der Waals surface area (Å²) in [5, 5.41) is 29.8. The second kappa shape index (κ2) is 11.7. The average Bonchev–Trinajstić information content (AvgIpc) is 3.73. The smallest absolute Gasteiger partial charge is 0.184 e. The highest BCUT2D eigenvalue weighted by atomic mass is 16.7. The van der Waals surface area contributed by atoms with Crippen LogP contribution in [0.15, 0.2) is 164 Å². The number of hydrogen-bond acceptors (Lipinski definition) is 4. The standard InChI is InChI=1S/C45H34O4/c46-44(33-19-9-3-10-20-33)37-26-25-32(43-48-27-28-49-43)29-38(37)45(47,34-21-11-4-12-22-34)42-40(31-17-7-2-8-18-31)36-24-14-13-23-35(36)39(41(42)44)30-15-5-1-6-16-30/h1-26,29,43,46-47H,27-28H2. The van der Waals surface area contributed by atoms with Crippen LogP contribution in [-0.4, -0.2) is 23.4 Å². The van der Waals surface area contributed by atoms with E-state index < -0.39 is 17.5 Å². The molecule has 0 bridgehead atoms. The normalized spacial score (nSPS) is 20.2. The minimum Gasteiger partial charge on any atom is -0.376 e. The number of aliphatic hydroxyl groups is 2. The number of hydrogen-bond donors (Lipinski definition) is 2. The van der Waals surface area contributed by atoms with Crippen molar-refractivity contribution in [1.82, 2.24) is 0 Å². The summed E-state index contributed by atoms with van der Waals surface area (Å²) in [7, 11) is 0. The van der Waals surface area contributed by atoms with Crippen molar-refractivity contribution in [1.29, 1.82) is 0 Å². The quantitative estimate of drug-likeness (QED) is 0.198. The summed E-state index contributed by atoms with van der Waals surface area (Å²) < 4.78 is 11.9. The summed E-state index contributed by atoms with van der Waals surface area (Å²) in [5.74, 6) is 0. The van der Waals surface area contributed by atoms with Gasteiger partial charge in [0.2, 0.25) is 0 Å². The van der Waals surface area contributed by atoms with Gasteiger partial charge >= 0.3 is 0 Å². The Labute approximate surface area is 285 Å². The molecule has 2 aliphatic rings. The zero-order valence-electron chi connectivity index (χ0n) is 26.8. The van der Waals surface area contributed by atoms with Gasteiger partial charge in [0.25, 0.3) is 0 Å². The molecule has 238 valence electrons. The molecule has 0 amide bonds. The molecule has 2 unspecified atom stereocenters. The predicted molar refractivity (Wildman–Crippen MR) is 193 cm³/mol. The van der Waals surface area contributed by atoms with Gasteiger partial charge in [0.15, 0.2) is 6.29 Å². The van der Waals surface area contributed by atoms with E-state index in [4.69, 9.17) is 9.47 Å². The monoisotopic (exact) mass is 638 g/mol. The van der Waals surface area contributed by atoms with Crippen molar-refractivity contribution in [3.05, 3.63) is 203 Å². The van der Waals surface area contributed by atoms with Crippen molar-refractivity contribution in [3.63, 3.8) is 0 Å². The van der Waals surface area contributed by atoms with Crippen LogP contribution in [0.2, 0.25) is 0 Å². The molecule has 49 heavy (non-hydrogen) atoms. The molecule has 7 aromatic carbocycles. The Morgan fingerprint density at radius 2 is 0.857 bits per heavy atom. The van der Waals surface area contributed by atoms with Crippen molar-refractivity contribution in [2.75, 3.05) is 13.2 Å². The molecular formula is C45H34O4. The van der Waals surface area contributed by atoms with Gasteiger partial charge in [-0.2, -0.15) is 0 Å². The molecular weight excluding hydrogens is 604 g/mol. The van der Waals surface area contributed by atoms with Crippen molar-refractivity contribution in [2.45, 2.75) is 17.5 Å². The largest absolute Gasteiger partial charge is 0.376 e. The molecule has 2 atom stereocenters. The molecule has 9 rings (SSSR count). The Bertz CT molecular complexity index is 2300. The van der Waals surface area contributed by atoms with E-state index in [9.17, 15) is 10.2 Å². The summed E-state index contributed by atoms with van der Waals surface area (Å²) in [6.45, 7) is 0.984. The summed E-state index contributed by atoms with van der Waals surface area (Å²) in [6.07, 6.45) is -0.568. The maximum Gasteiger partial charge on any atom is 0.184 e. The Balaban J connectivity index is 1.56. The molecule has 0 saturated carbocycles. The highest BCUT2D eigenvalue weighted by molar-refractivity contribution is 6.09. The maximum absolute atomic E-state index is 14.0. The number of rotatable bonds is 5. The zero-order chi connectivity index (χ0) is 33.0. The lowest BCUT2D eigenvalue weighted by molar-refractivity contribution is -0.0444. The van der Waals surface area contributed by atoms with Crippen LogP contribution in [0, 0.1) is 0 Å². The molecule has 7 aromatic rings. The third-order valence-corrected chi connectivity index (χ3v) is 10.2. The van der Waals surface area contributed by atoms with E-state index in [-0.39, 0.29) is 0 Å². The van der Waals surface area contributed by atoms with Gasteiger partial charge in [0.05, 0.1) is 13.2 Å². The number of benzene rings is 7. The number of ether oxygens (including phenoxy) is 2. The molecule has 4 nitrogen and oxygen atoms in total. The molecule has 0 radical (unpaired) electrons. The predicted octanol–water partition coefficient (Wildman–Crippen LogP) is 9.10. The molecule has 1 fully saturated rings. The van der Waals surface area contributed by atoms with E-state index in [1.54, 1.807) is 0 Å². The van der Waals surface area contributed by atoms with Crippen LogP contribution in [0.1, 0.15) is 45.2 Å². The van der Waals surface area contributed by atoms with Crippen LogP contribution in [0.3, 0.4) is 0 Å². The van der Waals surface area contributed by atoms with E-state index in [0.29, 0.717) is 46.6 Å². The first kappa shape index (κ1) is 29.8. The lowest BCUT2D eigenvalue weighted by Crippen LogP contribution is -2.45. The first-order valence-corrected chi connectivity index (χ1v) is 16.7. The summed E-state index contributed by atoms with van der Waals surface area (Å²) in [6, 6.07) is 54.3. The van der Waals surface area contributed by atoms with Gasteiger partial charge in [-0.15, -0.1) is 0 Å². The van der Waals surface area contributed by atoms with Crippen LogP contribution in [0.5, 0.6) is 0 Å². The highest BCUT2D eigenvalue weighted by Crippen LogP contribution is 2.60. The van der Waals surface area contributed by atoms with E-state index in [2.05, 4.69) is 36.4 Å². The first-order chi connectivity index (χ1) is 24.1. The Hall–Kier alpha value is -5.36. The van der Waals surface area contributed by atoms with Crippen LogP contribution < -0.4 is 0 Å². The minimum atomic E-state index is -1.69. The van der Waals surface area contributed by atoms with Crippen molar-refractivity contribution in [2.24, 2.45) is 0 Å². The van der Waals surface area contributed by atoms with Crippen LogP contribution in [0.4, 0.5) is 0 Å². The second-order valence-electron chi connectivity index (χ2n) is 12.8. The number of fused-ring (bicyclic) bond motifs is 3. The first-order valence-electron chi connectivity index (χ1n) is 16.7. The molecule has 1 aliphatic carbocycles. The zero-order valence-corrected chi connectivity index (χ0v) is 26.8. The Morgan fingerprint density at radius 1 is 0.449 bits per heavy atom. The molecule has 1 aliphatic heterocycles. The molecule has 0 aromatic heterocycles. The topological polar surface area (TPSA) is 58.9 Å². The molecule has 0 spiro atoms. The molecule has 4 heteroatoms. The van der Waals surface area contributed by atoms with Crippen LogP contribution in [-0.2, 0) is 20.7 Å². The van der Waals surface area contributed by atoms with Gasteiger partial charge in [-0.1, -0.05) is 158 Å². The van der Waals surface area contributed by atoms with E-state index in [1.165, 1.54) is 0 Å². The van der Waals surface area contributed by atoms with E-state index in [0.717, 1.165) is 38.6 Å².